The molecule has 3 aliphatic rings. The van der Waals surface area contributed by atoms with Gasteiger partial charge in [0.2, 0.25) is 0 Å². The normalized spacial score (nSPS) is 31.8. The highest BCUT2D eigenvalue weighted by Gasteiger charge is 2.31. The lowest BCUT2D eigenvalue weighted by atomic mass is 9.76. The molecule has 0 aliphatic heterocycles. The summed E-state index contributed by atoms with van der Waals surface area (Å²) >= 11 is 0. The maximum absolute atomic E-state index is 11.7. The molecule has 2 bridgehead atoms. The van der Waals surface area contributed by atoms with E-state index in [2.05, 4.69) is 42.5 Å². The minimum Gasteiger partial charge on any atom is -0.294 e. The summed E-state index contributed by atoms with van der Waals surface area (Å²) in [4.78, 5) is 11.7. The molecule has 0 N–H and O–H groups in total. The van der Waals surface area contributed by atoms with Crippen LogP contribution in [0.3, 0.4) is 0 Å². The van der Waals surface area contributed by atoms with Gasteiger partial charge in [-0.15, -0.1) is 0 Å². The van der Waals surface area contributed by atoms with Crippen LogP contribution in [0.4, 0.5) is 0 Å². The van der Waals surface area contributed by atoms with Gasteiger partial charge in [0, 0.05) is 11.8 Å². The van der Waals surface area contributed by atoms with Crippen LogP contribution in [0.15, 0.2) is 54.6 Å². The average Bonchev–Trinajstić information content (AvgIpc) is 2.62. The van der Waals surface area contributed by atoms with Gasteiger partial charge in [-0.1, -0.05) is 48.6 Å². The van der Waals surface area contributed by atoms with Crippen molar-refractivity contribution in [3.63, 3.8) is 0 Å². The van der Waals surface area contributed by atoms with Crippen LogP contribution in [0.1, 0.15) is 17.9 Å². The van der Waals surface area contributed by atoms with Gasteiger partial charge in [0.25, 0.3) is 0 Å². The quantitative estimate of drug-likeness (QED) is 0.651. The molecule has 0 spiro atoms. The van der Waals surface area contributed by atoms with Gasteiger partial charge in [-0.3, -0.25) is 4.79 Å². The predicted molar refractivity (Wildman–Crippen MR) is 64.1 cm³/mol. The third kappa shape index (κ3) is 1.53. The molecular formula is C15H14O. The van der Waals surface area contributed by atoms with Gasteiger partial charge in [-0.05, 0) is 24.0 Å². The largest absolute Gasteiger partial charge is 0.294 e. The monoisotopic (exact) mass is 210 g/mol. The van der Waals surface area contributed by atoms with Crippen molar-refractivity contribution in [2.45, 2.75) is 12.3 Å². The Hall–Kier alpha value is -1.63. The first kappa shape index (κ1) is 9.59. The lowest BCUT2D eigenvalue weighted by molar-refractivity contribution is -0.117. The van der Waals surface area contributed by atoms with E-state index in [9.17, 15) is 4.79 Å². The van der Waals surface area contributed by atoms with Gasteiger partial charge >= 0.3 is 0 Å². The molecule has 1 nitrogen and oxygen atoms in total. The predicted octanol–water partition coefficient (Wildman–Crippen LogP) is 3.10. The Bertz CT molecular complexity index is 456. The third-order valence-corrected chi connectivity index (χ3v) is 3.61. The summed E-state index contributed by atoms with van der Waals surface area (Å²) in [5, 5.41) is 0. The molecule has 0 saturated heterocycles. The molecule has 0 saturated carbocycles. The number of fused-ring (bicyclic) bond motifs is 2. The van der Waals surface area contributed by atoms with Crippen molar-refractivity contribution in [1.82, 2.24) is 0 Å². The Kier molecular flexibility index (Phi) is 2.24. The fraction of sp³-hybridized carbons (Fsp3) is 0.267. The van der Waals surface area contributed by atoms with E-state index in [0.717, 1.165) is 6.42 Å². The van der Waals surface area contributed by atoms with Crippen molar-refractivity contribution in [3.05, 3.63) is 60.2 Å². The highest BCUT2D eigenvalue weighted by atomic mass is 16.1. The highest BCUT2D eigenvalue weighted by Crippen LogP contribution is 2.39. The standard InChI is InChI=1S/C15H14O/c16-15-9-8-12-6-7-13(15)10-14(12)11-4-2-1-3-5-11/h1-9,12-14H,10H2/t12-,13-,14-/m0/s1. The van der Waals surface area contributed by atoms with E-state index in [-0.39, 0.29) is 11.7 Å². The van der Waals surface area contributed by atoms with Gasteiger partial charge in [-0.2, -0.15) is 0 Å². The molecule has 16 heavy (non-hydrogen) atoms. The van der Waals surface area contributed by atoms with Crippen LogP contribution in [0.25, 0.3) is 0 Å². The van der Waals surface area contributed by atoms with E-state index < -0.39 is 0 Å². The Balaban J connectivity index is 1.98. The zero-order valence-corrected chi connectivity index (χ0v) is 9.04. The Morgan fingerprint density at radius 1 is 1.00 bits per heavy atom. The molecule has 1 heteroatoms. The van der Waals surface area contributed by atoms with Gasteiger partial charge in [0.1, 0.15) is 0 Å². The lowest BCUT2D eigenvalue weighted by Crippen LogP contribution is -2.18. The molecule has 0 aromatic heterocycles. The highest BCUT2D eigenvalue weighted by molar-refractivity contribution is 5.94. The summed E-state index contributed by atoms with van der Waals surface area (Å²) in [7, 11) is 0. The second-order valence-electron chi connectivity index (χ2n) is 4.58. The second kappa shape index (κ2) is 3.75. The lowest BCUT2D eigenvalue weighted by Gasteiger charge is -2.27. The number of rotatable bonds is 1. The van der Waals surface area contributed by atoms with Crippen molar-refractivity contribution in [2.75, 3.05) is 0 Å². The van der Waals surface area contributed by atoms with Crippen LogP contribution in [0.2, 0.25) is 0 Å². The van der Waals surface area contributed by atoms with Crippen molar-refractivity contribution < 1.29 is 4.79 Å². The van der Waals surface area contributed by atoms with Crippen LogP contribution in [0.5, 0.6) is 0 Å². The summed E-state index contributed by atoms with van der Waals surface area (Å²) < 4.78 is 0. The first-order valence-corrected chi connectivity index (χ1v) is 5.80. The molecule has 80 valence electrons. The summed E-state index contributed by atoms with van der Waals surface area (Å²) in [5.74, 6) is 1.22. The van der Waals surface area contributed by atoms with Crippen LogP contribution in [-0.4, -0.2) is 5.78 Å². The number of carbonyl (C=O) groups excluding carboxylic acids is 1. The molecule has 0 radical (unpaired) electrons. The van der Waals surface area contributed by atoms with Crippen molar-refractivity contribution in [3.8, 4) is 0 Å². The zero-order chi connectivity index (χ0) is 11.0. The first-order valence-electron chi connectivity index (χ1n) is 5.80. The zero-order valence-electron chi connectivity index (χ0n) is 9.04. The van der Waals surface area contributed by atoms with Gasteiger partial charge in [-0.25, -0.2) is 0 Å². The molecule has 3 atom stereocenters. The van der Waals surface area contributed by atoms with Crippen LogP contribution in [0, 0.1) is 11.8 Å². The fourth-order valence-electron chi connectivity index (χ4n) is 2.70. The van der Waals surface area contributed by atoms with Crippen molar-refractivity contribution >= 4 is 5.78 Å². The van der Waals surface area contributed by atoms with Gasteiger partial charge in [0.15, 0.2) is 5.78 Å². The SMILES string of the molecule is O=C1C=C[C@@H]2C=C[C@H]1C[C@H]2c1ccccc1. The molecule has 1 aromatic rings. The number of ketones is 1. The number of hydrogen-bond donors (Lipinski definition) is 0. The maximum atomic E-state index is 11.7. The summed E-state index contributed by atoms with van der Waals surface area (Å²) in [5.41, 5.74) is 1.35. The molecule has 1 aromatic carbocycles. The number of benzene rings is 1. The van der Waals surface area contributed by atoms with Crippen LogP contribution in [-0.2, 0) is 4.79 Å². The minimum atomic E-state index is 0.0974. The van der Waals surface area contributed by atoms with Crippen LogP contribution < -0.4 is 0 Å². The van der Waals surface area contributed by atoms with E-state index in [1.165, 1.54) is 5.56 Å². The first-order chi connectivity index (χ1) is 7.84. The molecule has 0 unspecified atom stereocenters. The number of allylic oxidation sites excluding steroid dienone is 4. The molecule has 0 heterocycles. The fourth-order valence-corrected chi connectivity index (χ4v) is 2.70. The molecule has 4 rings (SSSR count). The number of carbonyl (C=O) groups is 1. The smallest absolute Gasteiger partial charge is 0.162 e. The van der Waals surface area contributed by atoms with E-state index in [1.807, 2.05) is 6.07 Å². The average molecular weight is 210 g/mol. The minimum absolute atomic E-state index is 0.0974. The Morgan fingerprint density at radius 2 is 1.81 bits per heavy atom. The molecular weight excluding hydrogens is 196 g/mol. The van der Waals surface area contributed by atoms with Crippen LogP contribution >= 0.6 is 0 Å². The molecule has 0 fully saturated rings. The number of hydrogen-bond acceptors (Lipinski definition) is 1. The van der Waals surface area contributed by atoms with Crippen molar-refractivity contribution in [1.29, 1.82) is 0 Å². The maximum Gasteiger partial charge on any atom is 0.162 e. The summed E-state index contributed by atoms with van der Waals surface area (Å²) in [6.07, 6.45) is 9.04. The topological polar surface area (TPSA) is 17.1 Å². The van der Waals surface area contributed by atoms with E-state index in [0.29, 0.717) is 11.8 Å². The third-order valence-electron chi connectivity index (χ3n) is 3.61. The molecule has 3 aliphatic carbocycles. The molecule has 0 amide bonds. The van der Waals surface area contributed by atoms with Gasteiger partial charge < -0.3 is 0 Å². The van der Waals surface area contributed by atoms with E-state index in [4.69, 9.17) is 0 Å². The van der Waals surface area contributed by atoms with Crippen molar-refractivity contribution in [2.24, 2.45) is 11.8 Å². The van der Waals surface area contributed by atoms with E-state index >= 15 is 0 Å². The summed E-state index contributed by atoms with van der Waals surface area (Å²) in [6.45, 7) is 0. The Morgan fingerprint density at radius 3 is 2.62 bits per heavy atom. The summed E-state index contributed by atoms with van der Waals surface area (Å²) in [6, 6.07) is 10.5. The van der Waals surface area contributed by atoms with E-state index in [1.54, 1.807) is 6.08 Å². The Labute approximate surface area is 95.5 Å². The van der Waals surface area contributed by atoms with Gasteiger partial charge in [0.05, 0.1) is 0 Å². The second-order valence-corrected chi connectivity index (χ2v) is 4.58.